The van der Waals surface area contributed by atoms with Gasteiger partial charge in [0.15, 0.2) is 0 Å². The van der Waals surface area contributed by atoms with Gasteiger partial charge in [0.1, 0.15) is 5.69 Å². The van der Waals surface area contributed by atoms with Crippen molar-refractivity contribution in [1.82, 2.24) is 4.90 Å². The smallest absolute Gasteiger partial charge is 0.292 e. The first kappa shape index (κ1) is 19.2. The van der Waals surface area contributed by atoms with Crippen LogP contribution in [-0.4, -0.2) is 49.1 Å². The maximum atomic E-state index is 11.7. The number of fused-ring (bicyclic) bond motifs is 1. The topological polar surface area (TPSA) is 61.6 Å². The molecule has 0 spiro atoms. The second kappa shape index (κ2) is 7.15. The van der Waals surface area contributed by atoms with Crippen LogP contribution in [0, 0.1) is 33.3 Å². The van der Waals surface area contributed by atoms with E-state index in [-0.39, 0.29) is 16.7 Å². The second-order valence-corrected chi connectivity index (χ2v) is 10.1. The summed E-state index contributed by atoms with van der Waals surface area (Å²) in [7, 11) is 2.15. The standard InChI is InChI=1S/C23H34N4O2/c1-16(23-7-3-4-18-12-17(15-23)13-20(18)23)24-21-14-19(5-6-22(21)27(28)29)26-10-8-25(2)9-11-26/h5-6,14,16-18,20,24H,3-4,7-13,15H2,1-2H3/t16-,17-,18+,20+,23-/m1/s1. The number of nitro groups is 1. The van der Waals surface area contributed by atoms with E-state index in [0.29, 0.717) is 11.1 Å². The van der Waals surface area contributed by atoms with Crippen molar-refractivity contribution in [3.63, 3.8) is 0 Å². The maximum Gasteiger partial charge on any atom is 0.292 e. The Bertz CT molecular complexity index is 791. The van der Waals surface area contributed by atoms with Crippen molar-refractivity contribution in [3.05, 3.63) is 28.3 Å². The summed E-state index contributed by atoms with van der Waals surface area (Å²) in [4.78, 5) is 16.2. The van der Waals surface area contributed by atoms with Gasteiger partial charge in [-0.15, -0.1) is 0 Å². The molecule has 1 aliphatic heterocycles. The predicted molar refractivity (Wildman–Crippen MR) is 116 cm³/mol. The second-order valence-electron chi connectivity index (χ2n) is 10.1. The normalized spacial score (nSPS) is 35.0. The number of benzene rings is 1. The van der Waals surface area contributed by atoms with Crippen LogP contribution in [0.5, 0.6) is 0 Å². The molecule has 0 aromatic heterocycles. The summed E-state index contributed by atoms with van der Waals surface area (Å²) in [6, 6.07) is 5.93. The van der Waals surface area contributed by atoms with Crippen molar-refractivity contribution in [3.8, 4) is 0 Å². The molecule has 2 bridgehead atoms. The molecule has 3 aliphatic carbocycles. The Morgan fingerprint density at radius 3 is 2.76 bits per heavy atom. The average Bonchev–Trinajstić information content (AvgIpc) is 3.28. The van der Waals surface area contributed by atoms with Gasteiger partial charge in [0, 0.05) is 44.0 Å². The van der Waals surface area contributed by atoms with Gasteiger partial charge in [-0.2, -0.15) is 0 Å². The summed E-state index contributed by atoms with van der Waals surface area (Å²) >= 11 is 0. The summed E-state index contributed by atoms with van der Waals surface area (Å²) in [5.74, 6) is 2.61. The largest absolute Gasteiger partial charge is 0.376 e. The van der Waals surface area contributed by atoms with Gasteiger partial charge in [-0.25, -0.2) is 0 Å². The molecular formula is C23H34N4O2. The highest BCUT2D eigenvalue weighted by Crippen LogP contribution is 2.66. The third-order valence-corrected chi connectivity index (χ3v) is 8.70. The number of nitrogens with one attached hydrogen (secondary N) is 1. The highest BCUT2D eigenvalue weighted by Gasteiger charge is 2.59. The number of likely N-dealkylation sites (N-methyl/N-ethyl adjacent to an activating group) is 1. The average molecular weight is 399 g/mol. The van der Waals surface area contributed by atoms with E-state index in [1.807, 2.05) is 12.1 Å². The lowest BCUT2D eigenvalue weighted by atomic mass is 9.58. The number of nitro benzene ring substituents is 1. The number of hydrogen-bond acceptors (Lipinski definition) is 5. The molecule has 0 unspecified atom stereocenters. The van der Waals surface area contributed by atoms with Gasteiger partial charge in [0.25, 0.3) is 5.69 Å². The van der Waals surface area contributed by atoms with Crippen molar-refractivity contribution in [2.45, 2.75) is 51.5 Å². The molecule has 4 aliphatic rings. The molecule has 6 nitrogen and oxygen atoms in total. The minimum atomic E-state index is -0.231. The molecule has 6 heteroatoms. The van der Waals surface area contributed by atoms with Gasteiger partial charge >= 0.3 is 0 Å². The van der Waals surface area contributed by atoms with Gasteiger partial charge in [-0.05, 0) is 75.0 Å². The Labute approximate surface area is 173 Å². The molecule has 5 rings (SSSR count). The first-order chi connectivity index (χ1) is 14.0. The van der Waals surface area contributed by atoms with Crippen LogP contribution < -0.4 is 10.2 Å². The van der Waals surface area contributed by atoms with Crippen LogP contribution in [0.3, 0.4) is 0 Å². The SMILES string of the molecule is C[C@@H](Nc1cc(N2CCN(C)CC2)ccc1[N+](=O)[O-])[C@]12CCC[C@H]3C[C@H](C[C@@H]31)C2. The molecule has 0 radical (unpaired) electrons. The van der Waals surface area contributed by atoms with E-state index < -0.39 is 0 Å². The minimum absolute atomic E-state index is 0.210. The molecule has 0 amide bonds. The fourth-order valence-corrected chi connectivity index (χ4v) is 7.25. The van der Waals surface area contributed by atoms with Crippen LogP contribution in [0.15, 0.2) is 18.2 Å². The van der Waals surface area contributed by atoms with E-state index in [2.05, 4.69) is 29.1 Å². The van der Waals surface area contributed by atoms with Crippen molar-refractivity contribution >= 4 is 17.1 Å². The number of piperazine rings is 1. The first-order valence-corrected chi connectivity index (χ1v) is 11.4. The summed E-state index contributed by atoms with van der Waals surface area (Å²) < 4.78 is 0. The minimum Gasteiger partial charge on any atom is -0.376 e. The number of hydrogen-bond donors (Lipinski definition) is 1. The predicted octanol–water partition coefficient (Wildman–Crippen LogP) is 4.36. The molecule has 1 N–H and O–H groups in total. The molecule has 158 valence electrons. The highest BCUT2D eigenvalue weighted by molar-refractivity contribution is 5.69. The van der Waals surface area contributed by atoms with Gasteiger partial charge in [-0.1, -0.05) is 12.8 Å². The molecule has 1 saturated heterocycles. The number of rotatable bonds is 5. The van der Waals surface area contributed by atoms with E-state index in [9.17, 15) is 10.1 Å². The molecule has 4 fully saturated rings. The van der Waals surface area contributed by atoms with Gasteiger partial charge in [-0.3, -0.25) is 10.1 Å². The van der Waals surface area contributed by atoms with E-state index in [1.54, 1.807) is 6.07 Å². The van der Waals surface area contributed by atoms with Crippen molar-refractivity contribution < 1.29 is 4.92 Å². The third-order valence-electron chi connectivity index (χ3n) is 8.70. The van der Waals surface area contributed by atoms with E-state index in [1.165, 1.54) is 38.5 Å². The number of nitrogens with zero attached hydrogens (tertiary/aromatic N) is 3. The Balaban J connectivity index is 1.41. The molecular weight excluding hydrogens is 364 g/mol. The summed E-state index contributed by atoms with van der Waals surface area (Å²) in [6.07, 6.45) is 8.13. The van der Waals surface area contributed by atoms with Crippen LogP contribution in [0.25, 0.3) is 0 Å². The molecule has 3 saturated carbocycles. The lowest BCUT2D eigenvalue weighted by Gasteiger charge is -2.50. The van der Waals surface area contributed by atoms with Crippen molar-refractivity contribution in [2.24, 2.45) is 23.2 Å². The third kappa shape index (κ3) is 3.20. The van der Waals surface area contributed by atoms with Crippen molar-refractivity contribution in [1.29, 1.82) is 0 Å². The number of anilines is 2. The Morgan fingerprint density at radius 1 is 1.24 bits per heavy atom. The van der Waals surface area contributed by atoms with E-state index >= 15 is 0 Å². The van der Waals surface area contributed by atoms with Gasteiger partial charge < -0.3 is 15.1 Å². The molecule has 1 aromatic carbocycles. The molecule has 1 aromatic rings. The Morgan fingerprint density at radius 2 is 2.03 bits per heavy atom. The van der Waals surface area contributed by atoms with E-state index in [4.69, 9.17) is 0 Å². The first-order valence-electron chi connectivity index (χ1n) is 11.4. The summed E-state index contributed by atoms with van der Waals surface area (Å²) in [5, 5.41) is 15.4. The van der Waals surface area contributed by atoms with Crippen LogP contribution in [0.1, 0.15) is 45.4 Å². The zero-order valence-electron chi connectivity index (χ0n) is 17.8. The van der Waals surface area contributed by atoms with Crippen LogP contribution >= 0.6 is 0 Å². The lowest BCUT2D eigenvalue weighted by Crippen LogP contribution is -2.47. The molecule has 1 heterocycles. The summed E-state index contributed by atoms with van der Waals surface area (Å²) in [6.45, 7) is 6.29. The summed E-state index contributed by atoms with van der Waals surface area (Å²) in [5.41, 5.74) is 2.36. The van der Waals surface area contributed by atoms with Crippen LogP contribution in [-0.2, 0) is 0 Å². The molecule has 5 atom stereocenters. The highest BCUT2D eigenvalue weighted by atomic mass is 16.6. The quantitative estimate of drug-likeness (QED) is 0.590. The van der Waals surface area contributed by atoms with Gasteiger partial charge in [0.2, 0.25) is 0 Å². The van der Waals surface area contributed by atoms with Crippen LogP contribution in [0.2, 0.25) is 0 Å². The van der Waals surface area contributed by atoms with E-state index in [0.717, 1.165) is 49.6 Å². The Hall–Kier alpha value is -1.82. The monoisotopic (exact) mass is 398 g/mol. The Kier molecular flexibility index (Phi) is 4.72. The van der Waals surface area contributed by atoms with Crippen LogP contribution in [0.4, 0.5) is 17.1 Å². The fourth-order valence-electron chi connectivity index (χ4n) is 7.25. The zero-order chi connectivity index (χ0) is 20.2. The van der Waals surface area contributed by atoms with Gasteiger partial charge in [0.05, 0.1) is 4.92 Å². The fraction of sp³-hybridized carbons (Fsp3) is 0.739. The molecule has 29 heavy (non-hydrogen) atoms. The van der Waals surface area contributed by atoms with Crippen molar-refractivity contribution in [2.75, 3.05) is 43.4 Å². The zero-order valence-corrected chi connectivity index (χ0v) is 17.8. The maximum absolute atomic E-state index is 11.7. The lowest BCUT2D eigenvalue weighted by molar-refractivity contribution is -0.384.